The second kappa shape index (κ2) is 8.80. The lowest BCUT2D eigenvalue weighted by Gasteiger charge is -2.22. The Balaban J connectivity index is 1.87. The topological polar surface area (TPSA) is 110 Å². The molecular formula is C20H23N3O6S. The fourth-order valence-electron chi connectivity index (χ4n) is 3.22. The van der Waals surface area contributed by atoms with Crippen LogP contribution in [0.2, 0.25) is 0 Å². The van der Waals surface area contributed by atoms with E-state index >= 15 is 0 Å². The summed E-state index contributed by atoms with van der Waals surface area (Å²) in [5.74, 6) is -0.647. The largest absolute Gasteiger partial charge is 0.457 e. The molecule has 0 atom stereocenters. The highest BCUT2D eigenvalue weighted by molar-refractivity contribution is 7.89. The zero-order valence-electron chi connectivity index (χ0n) is 16.8. The number of benzene rings is 2. The van der Waals surface area contributed by atoms with Gasteiger partial charge in [-0.25, -0.2) is 17.5 Å². The van der Waals surface area contributed by atoms with Gasteiger partial charge in [-0.05, 0) is 48.7 Å². The van der Waals surface area contributed by atoms with Crippen molar-refractivity contribution in [1.29, 1.82) is 0 Å². The van der Waals surface area contributed by atoms with Gasteiger partial charge >= 0.3 is 5.97 Å². The van der Waals surface area contributed by atoms with Gasteiger partial charge in [-0.1, -0.05) is 0 Å². The van der Waals surface area contributed by atoms with E-state index in [0.717, 1.165) is 30.2 Å². The first-order chi connectivity index (χ1) is 14.2. The number of nitrogens with zero attached hydrogens (tertiary/aromatic N) is 3. The van der Waals surface area contributed by atoms with Gasteiger partial charge in [0.2, 0.25) is 10.0 Å². The molecule has 1 heterocycles. The van der Waals surface area contributed by atoms with Gasteiger partial charge < -0.3 is 9.64 Å². The molecule has 30 heavy (non-hydrogen) atoms. The van der Waals surface area contributed by atoms with Crippen LogP contribution in [-0.2, 0) is 21.4 Å². The Hall–Kier alpha value is -2.98. The molecule has 0 spiro atoms. The van der Waals surface area contributed by atoms with E-state index in [4.69, 9.17) is 4.74 Å². The number of carbonyl (C=O) groups is 1. The normalized spacial score (nSPS) is 14.2. The van der Waals surface area contributed by atoms with Crippen molar-refractivity contribution in [3.05, 3.63) is 63.7 Å². The van der Waals surface area contributed by atoms with Gasteiger partial charge in [0, 0.05) is 39.3 Å². The molecule has 1 fully saturated rings. The molecule has 160 valence electrons. The van der Waals surface area contributed by atoms with Crippen LogP contribution in [0.1, 0.15) is 28.8 Å². The molecule has 0 saturated carbocycles. The molecule has 1 aliphatic heterocycles. The van der Waals surface area contributed by atoms with Crippen molar-refractivity contribution in [1.82, 2.24) is 4.31 Å². The Labute approximate surface area is 175 Å². The third kappa shape index (κ3) is 4.60. The number of hydrogen-bond acceptors (Lipinski definition) is 7. The van der Waals surface area contributed by atoms with E-state index in [0.29, 0.717) is 11.3 Å². The van der Waals surface area contributed by atoms with Crippen LogP contribution in [-0.4, -0.2) is 50.8 Å². The Morgan fingerprint density at radius 1 is 1.13 bits per heavy atom. The van der Waals surface area contributed by atoms with Crippen molar-refractivity contribution in [3.8, 4) is 0 Å². The number of ether oxygens (including phenoxy) is 1. The van der Waals surface area contributed by atoms with Crippen LogP contribution >= 0.6 is 0 Å². The highest BCUT2D eigenvalue weighted by atomic mass is 32.2. The summed E-state index contributed by atoms with van der Waals surface area (Å²) in [5, 5.41) is 10.8. The molecule has 0 amide bonds. The van der Waals surface area contributed by atoms with Gasteiger partial charge in [0.1, 0.15) is 6.61 Å². The number of anilines is 1. The number of rotatable bonds is 7. The summed E-state index contributed by atoms with van der Waals surface area (Å²) in [5.41, 5.74) is 1.36. The Bertz CT molecular complexity index is 1040. The first-order valence-electron chi connectivity index (χ1n) is 9.42. The summed E-state index contributed by atoms with van der Waals surface area (Å²) in [6.07, 6.45) is 1.99. The molecule has 2 aromatic rings. The first kappa shape index (κ1) is 21.7. The maximum atomic E-state index is 12.9. The quantitative estimate of drug-likeness (QED) is 0.375. The molecule has 0 unspecified atom stereocenters. The average Bonchev–Trinajstić information content (AvgIpc) is 3.26. The fourth-order valence-corrected chi connectivity index (χ4v) is 4.15. The van der Waals surface area contributed by atoms with Crippen LogP contribution in [0.4, 0.5) is 11.4 Å². The van der Waals surface area contributed by atoms with Crippen molar-refractivity contribution < 1.29 is 22.9 Å². The van der Waals surface area contributed by atoms with Gasteiger partial charge in [0.15, 0.2) is 0 Å². The maximum absolute atomic E-state index is 12.9. The zero-order valence-corrected chi connectivity index (χ0v) is 17.6. The van der Waals surface area contributed by atoms with Crippen LogP contribution in [0.15, 0.2) is 47.4 Å². The first-order valence-corrected chi connectivity index (χ1v) is 10.9. The van der Waals surface area contributed by atoms with Gasteiger partial charge in [0.05, 0.1) is 21.1 Å². The predicted octanol–water partition coefficient (Wildman–Crippen LogP) is 2.80. The van der Waals surface area contributed by atoms with Crippen LogP contribution in [0.3, 0.4) is 0 Å². The smallest absolute Gasteiger partial charge is 0.340 e. The minimum absolute atomic E-state index is 0.0118. The molecule has 9 nitrogen and oxygen atoms in total. The lowest BCUT2D eigenvalue weighted by molar-refractivity contribution is -0.384. The lowest BCUT2D eigenvalue weighted by atomic mass is 10.1. The molecule has 3 rings (SSSR count). The van der Waals surface area contributed by atoms with E-state index in [1.54, 1.807) is 6.07 Å². The lowest BCUT2D eigenvalue weighted by Crippen LogP contribution is -2.24. The summed E-state index contributed by atoms with van der Waals surface area (Å²) in [7, 11) is -0.856. The number of esters is 1. The van der Waals surface area contributed by atoms with Crippen LogP contribution in [0.25, 0.3) is 0 Å². The number of nitro groups is 1. The fraction of sp³-hybridized carbons (Fsp3) is 0.350. The second-order valence-electron chi connectivity index (χ2n) is 7.16. The van der Waals surface area contributed by atoms with Crippen molar-refractivity contribution in [2.75, 3.05) is 32.1 Å². The van der Waals surface area contributed by atoms with E-state index < -0.39 is 20.9 Å². The second-order valence-corrected chi connectivity index (χ2v) is 9.31. The summed E-state index contributed by atoms with van der Waals surface area (Å²) in [6, 6.07) is 10.2. The van der Waals surface area contributed by atoms with Gasteiger partial charge in [-0.3, -0.25) is 10.1 Å². The SMILES string of the molecule is CN(C)S(=O)(=O)c1ccc(N2CCCC2)c(C(=O)OCc2ccc([N+](=O)[O-])cc2)c1. The van der Waals surface area contributed by atoms with E-state index in [1.807, 2.05) is 4.90 Å². The number of carbonyl (C=O) groups excluding carboxylic acids is 1. The van der Waals surface area contributed by atoms with Crippen LogP contribution < -0.4 is 4.90 Å². The van der Waals surface area contributed by atoms with Gasteiger partial charge in [-0.15, -0.1) is 0 Å². The van der Waals surface area contributed by atoms with E-state index in [2.05, 4.69) is 0 Å². The molecule has 1 saturated heterocycles. The molecule has 2 aromatic carbocycles. The minimum atomic E-state index is -3.71. The molecule has 0 aromatic heterocycles. The molecule has 0 bridgehead atoms. The number of non-ortho nitro benzene ring substituents is 1. The highest BCUT2D eigenvalue weighted by Crippen LogP contribution is 2.29. The summed E-state index contributed by atoms with van der Waals surface area (Å²) < 4.78 is 31.5. The standard InChI is InChI=1S/C20H23N3O6S/c1-21(2)30(27,28)17-9-10-19(22-11-3-4-12-22)18(13-17)20(24)29-14-15-5-7-16(8-6-15)23(25)26/h5-10,13H,3-4,11-12,14H2,1-2H3. The Morgan fingerprint density at radius 2 is 1.77 bits per heavy atom. The van der Waals surface area contributed by atoms with Crippen molar-refractivity contribution in [2.24, 2.45) is 0 Å². The molecule has 0 radical (unpaired) electrons. The third-order valence-corrected chi connectivity index (χ3v) is 6.74. The molecule has 0 aliphatic carbocycles. The van der Waals surface area contributed by atoms with E-state index in [1.165, 1.54) is 50.5 Å². The molecular weight excluding hydrogens is 410 g/mol. The number of sulfonamides is 1. The van der Waals surface area contributed by atoms with Gasteiger partial charge in [0.25, 0.3) is 5.69 Å². The number of nitro benzene ring substituents is 1. The third-order valence-electron chi connectivity index (χ3n) is 4.93. The predicted molar refractivity (Wildman–Crippen MR) is 111 cm³/mol. The maximum Gasteiger partial charge on any atom is 0.340 e. The van der Waals surface area contributed by atoms with Gasteiger partial charge in [-0.2, -0.15) is 0 Å². The Kier molecular flexibility index (Phi) is 6.37. The summed E-state index contributed by atoms with van der Waals surface area (Å²) >= 11 is 0. The zero-order chi connectivity index (χ0) is 21.9. The molecule has 10 heteroatoms. The van der Waals surface area contributed by atoms with Crippen molar-refractivity contribution in [2.45, 2.75) is 24.3 Å². The number of hydrogen-bond donors (Lipinski definition) is 0. The average molecular weight is 433 g/mol. The molecule has 0 N–H and O–H groups in total. The van der Waals surface area contributed by atoms with Crippen molar-refractivity contribution in [3.63, 3.8) is 0 Å². The minimum Gasteiger partial charge on any atom is -0.457 e. The van der Waals surface area contributed by atoms with Crippen molar-refractivity contribution >= 4 is 27.4 Å². The highest BCUT2D eigenvalue weighted by Gasteiger charge is 2.25. The van der Waals surface area contributed by atoms with E-state index in [-0.39, 0.29) is 22.8 Å². The summed E-state index contributed by atoms with van der Waals surface area (Å²) in [6.45, 7) is 1.48. The monoisotopic (exact) mass is 433 g/mol. The summed E-state index contributed by atoms with van der Waals surface area (Å²) in [4.78, 5) is 25.1. The molecule has 1 aliphatic rings. The van der Waals surface area contributed by atoms with E-state index in [9.17, 15) is 23.3 Å². The van der Waals surface area contributed by atoms with Crippen LogP contribution in [0.5, 0.6) is 0 Å². The van der Waals surface area contributed by atoms with Crippen LogP contribution in [0, 0.1) is 10.1 Å². The Morgan fingerprint density at radius 3 is 2.33 bits per heavy atom.